The Kier molecular flexibility index (Phi) is 5.26. The molecule has 1 aliphatic heterocycles. The molecule has 1 aromatic rings. The summed E-state index contributed by atoms with van der Waals surface area (Å²) in [6.07, 6.45) is 6.18. The number of piperidine rings is 1. The van der Waals surface area contributed by atoms with Crippen LogP contribution in [0.5, 0.6) is 0 Å². The number of nitrogens with zero attached hydrogens (tertiary/aromatic N) is 1. The van der Waals surface area contributed by atoms with E-state index in [1.807, 2.05) is 0 Å². The van der Waals surface area contributed by atoms with E-state index < -0.39 is 0 Å². The fraction of sp³-hybridized carbons (Fsp3) is 0.429. The molecule has 1 fully saturated rings. The average Bonchev–Trinajstić information content (AvgIpc) is 2.32. The molecule has 0 aromatic heterocycles. The summed E-state index contributed by atoms with van der Waals surface area (Å²) in [6.45, 7) is 3.61. The van der Waals surface area contributed by atoms with Crippen molar-refractivity contribution in [1.82, 2.24) is 4.90 Å². The minimum Gasteiger partial charge on any atom is -0.299 e. The molecule has 0 saturated carbocycles. The van der Waals surface area contributed by atoms with Gasteiger partial charge in [0.1, 0.15) is 0 Å². The highest BCUT2D eigenvalue weighted by Crippen LogP contribution is 2.19. The van der Waals surface area contributed by atoms with E-state index in [2.05, 4.69) is 67.1 Å². The van der Waals surface area contributed by atoms with Crippen LogP contribution in [-0.4, -0.2) is 18.0 Å². The van der Waals surface area contributed by atoms with Crippen molar-refractivity contribution in [3.63, 3.8) is 0 Å². The zero-order chi connectivity index (χ0) is 12.1. The van der Waals surface area contributed by atoms with Crippen LogP contribution >= 0.6 is 31.9 Å². The van der Waals surface area contributed by atoms with E-state index in [4.69, 9.17) is 0 Å². The Morgan fingerprint density at radius 1 is 1.06 bits per heavy atom. The largest absolute Gasteiger partial charge is 0.299 e. The topological polar surface area (TPSA) is 3.24 Å². The molecule has 0 amide bonds. The Balaban J connectivity index is 1.95. The van der Waals surface area contributed by atoms with Gasteiger partial charge in [-0.15, -0.1) is 0 Å². The molecule has 0 aliphatic carbocycles. The third kappa shape index (κ3) is 4.57. The molecule has 0 radical (unpaired) electrons. The van der Waals surface area contributed by atoms with Crippen molar-refractivity contribution in [2.24, 2.45) is 0 Å². The van der Waals surface area contributed by atoms with Crippen LogP contribution in [0.2, 0.25) is 0 Å². The van der Waals surface area contributed by atoms with Crippen LogP contribution in [0.1, 0.15) is 30.4 Å². The molecular weight excluding hydrogens is 342 g/mol. The van der Waals surface area contributed by atoms with Crippen LogP contribution in [0.15, 0.2) is 27.7 Å². The molecule has 1 aliphatic rings. The molecule has 0 bridgehead atoms. The first kappa shape index (κ1) is 13.3. The highest BCUT2D eigenvalue weighted by molar-refractivity contribution is 9.28. The fourth-order valence-corrected chi connectivity index (χ4v) is 2.75. The standard InChI is InChI=1S/C14H17Br2N/c15-14(16)10-12-4-6-13(7-5-12)11-17-8-2-1-3-9-17/h4-7,10H,1-3,8-9,11H2. The summed E-state index contributed by atoms with van der Waals surface area (Å²) in [5, 5.41) is 0. The summed E-state index contributed by atoms with van der Waals surface area (Å²) < 4.78 is 0.980. The van der Waals surface area contributed by atoms with Crippen molar-refractivity contribution < 1.29 is 0 Å². The Morgan fingerprint density at radius 3 is 2.29 bits per heavy atom. The van der Waals surface area contributed by atoms with Crippen molar-refractivity contribution in [3.8, 4) is 0 Å². The lowest BCUT2D eigenvalue weighted by atomic mass is 10.1. The quantitative estimate of drug-likeness (QED) is 0.752. The molecule has 2 rings (SSSR count). The summed E-state index contributed by atoms with van der Waals surface area (Å²) in [4.78, 5) is 2.55. The van der Waals surface area contributed by atoms with Gasteiger partial charge in [-0.3, -0.25) is 4.90 Å². The SMILES string of the molecule is BrC(Br)=Cc1ccc(CN2CCCCC2)cc1. The van der Waals surface area contributed by atoms with Crippen molar-refractivity contribution in [3.05, 3.63) is 38.8 Å². The van der Waals surface area contributed by atoms with Crippen molar-refractivity contribution >= 4 is 37.9 Å². The number of hydrogen-bond acceptors (Lipinski definition) is 1. The summed E-state index contributed by atoms with van der Waals surface area (Å²) in [7, 11) is 0. The third-order valence-electron chi connectivity index (χ3n) is 3.11. The second kappa shape index (κ2) is 6.72. The summed E-state index contributed by atoms with van der Waals surface area (Å²) >= 11 is 6.76. The molecule has 1 nitrogen and oxygen atoms in total. The van der Waals surface area contributed by atoms with Crippen molar-refractivity contribution in [2.45, 2.75) is 25.8 Å². The molecule has 0 spiro atoms. The van der Waals surface area contributed by atoms with E-state index in [1.165, 1.54) is 43.5 Å². The lowest BCUT2D eigenvalue weighted by Gasteiger charge is -2.26. The van der Waals surface area contributed by atoms with E-state index in [0.717, 1.165) is 9.94 Å². The minimum absolute atomic E-state index is 0.980. The molecule has 0 atom stereocenters. The third-order valence-corrected chi connectivity index (χ3v) is 3.57. The highest BCUT2D eigenvalue weighted by atomic mass is 79.9. The number of benzene rings is 1. The molecule has 0 unspecified atom stereocenters. The van der Waals surface area contributed by atoms with Crippen LogP contribution < -0.4 is 0 Å². The summed E-state index contributed by atoms with van der Waals surface area (Å²) in [5.74, 6) is 0. The van der Waals surface area contributed by atoms with E-state index in [9.17, 15) is 0 Å². The van der Waals surface area contributed by atoms with Gasteiger partial charge in [-0.25, -0.2) is 0 Å². The van der Waals surface area contributed by atoms with Gasteiger partial charge in [-0.05, 0) is 75.0 Å². The molecule has 1 heterocycles. The van der Waals surface area contributed by atoms with Crippen molar-refractivity contribution in [1.29, 1.82) is 0 Å². The van der Waals surface area contributed by atoms with Crippen LogP contribution in [-0.2, 0) is 6.54 Å². The molecule has 3 heteroatoms. The normalized spacial score (nSPS) is 16.8. The van der Waals surface area contributed by atoms with Crippen LogP contribution in [0.25, 0.3) is 6.08 Å². The van der Waals surface area contributed by atoms with Gasteiger partial charge in [0.2, 0.25) is 0 Å². The van der Waals surface area contributed by atoms with Gasteiger partial charge in [-0.2, -0.15) is 0 Å². The number of likely N-dealkylation sites (tertiary alicyclic amines) is 1. The van der Waals surface area contributed by atoms with Crippen molar-refractivity contribution in [2.75, 3.05) is 13.1 Å². The first-order valence-electron chi connectivity index (χ1n) is 6.08. The van der Waals surface area contributed by atoms with Gasteiger partial charge in [-0.1, -0.05) is 30.7 Å². The predicted molar refractivity (Wildman–Crippen MR) is 81.4 cm³/mol. The van der Waals surface area contributed by atoms with Crippen LogP contribution in [0.4, 0.5) is 0 Å². The minimum atomic E-state index is 0.980. The molecular formula is C14H17Br2N. The maximum Gasteiger partial charge on any atom is 0.0610 e. The molecule has 17 heavy (non-hydrogen) atoms. The Hall–Kier alpha value is -0.120. The first-order valence-corrected chi connectivity index (χ1v) is 7.66. The van der Waals surface area contributed by atoms with Gasteiger partial charge in [0, 0.05) is 6.54 Å². The van der Waals surface area contributed by atoms with Gasteiger partial charge in [0.25, 0.3) is 0 Å². The van der Waals surface area contributed by atoms with E-state index in [0.29, 0.717) is 0 Å². The molecule has 92 valence electrons. The van der Waals surface area contributed by atoms with Crippen LogP contribution in [0.3, 0.4) is 0 Å². The van der Waals surface area contributed by atoms with Gasteiger partial charge >= 0.3 is 0 Å². The Bertz CT molecular complexity index is 374. The number of hydrogen-bond donors (Lipinski definition) is 0. The predicted octanol–water partition coefficient (Wildman–Crippen LogP) is 4.76. The molecule has 1 saturated heterocycles. The fourth-order valence-electron chi connectivity index (χ4n) is 2.22. The highest BCUT2D eigenvalue weighted by Gasteiger charge is 2.09. The molecule has 0 N–H and O–H groups in total. The van der Waals surface area contributed by atoms with Gasteiger partial charge in [0.15, 0.2) is 0 Å². The monoisotopic (exact) mass is 357 g/mol. The zero-order valence-corrected chi connectivity index (χ0v) is 13.0. The lowest BCUT2D eigenvalue weighted by Crippen LogP contribution is -2.28. The van der Waals surface area contributed by atoms with Crippen LogP contribution in [0, 0.1) is 0 Å². The van der Waals surface area contributed by atoms with Gasteiger partial charge < -0.3 is 0 Å². The Labute approximate surface area is 120 Å². The average molecular weight is 359 g/mol. The van der Waals surface area contributed by atoms with E-state index >= 15 is 0 Å². The van der Waals surface area contributed by atoms with E-state index in [1.54, 1.807) is 0 Å². The zero-order valence-electron chi connectivity index (χ0n) is 9.83. The number of rotatable bonds is 3. The maximum atomic E-state index is 3.38. The Morgan fingerprint density at radius 2 is 1.71 bits per heavy atom. The maximum absolute atomic E-state index is 3.38. The van der Waals surface area contributed by atoms with E-state index in [-0.39, 0.29) is 0 Å². The number of halogens is 2. The lowest BCUT2D eigenvalue weighted by molar-refractivity contribution is 0.221. The summed E-state index contributed by atoms with van der Waals surface area (Å²) in [6, 6.07) is 8.79. The second-order valence-corrected chi connectivity index (χ2v) is 7.29. The first-order chi connectivity index (χ1) is 8.24. The smallest absolute Gasteiger partial charge is 0.0610 e. The summed E-state index contributed by atoms with van der Waals surface area (Å²) in [5.41, 5.74) is 2.63. The van der Waals surface area contributed by atoms with Gasteiger partial charge in [0.05, 0.1) is 3.39 Å². The molecule has 1 aromatic carbocycles. The second-order valence-electron chi connectivity index (χ2n) is 4.51.